The molecule has 0 N–H and O–H groups in total. The van der Waals surface area contributed by atoms with Crippen LogP contribution < -0.4 is 4.74 Å². The van der Waals surface area contributed by atoms with Gasteiger partial charge in [0.25, 0.3) is 0 Å². The van der Waals surface area contributed by atoms with Crippen LogP contribution in [-0.2, 0) is 6.18 Å². The molecule has 1 rings (SSSR count). The first-order chi connectivity index (χ1) is 8.43. The van der Waals surface area contributed by atoms with Crippen LogP contribution in [0.3, 0.4) is 0 Å². The molecule has 0 unspecified atom stereocenters. The molecule has 0 saturated heterocycles. The second-order valence-electron chi connectivity index (χ2n) is 3.08. The van der Waals surface area contributed by atoms with E-state index in [9.17, 15) is 36.5 Å². The van der Waals surface area contributed by atoms with E-state index in [-0.39, 0.29) is 6.07 Å². The number of nitro groups is 1. The highest BCUT2D eigenvalue weighted by molar-refractivity contribution is 14.1. The SMILES string of the molecule is O=[N+]([O-])c1c(I)ccc(C(F)(F)F)c1OC(F)(F)F. The van der Waals surface area contributed by atoms with Crippen molar-refractivity contribution in [1.29, 1.82) is 0 Å². The van der Waals surface area contributed by atoms with E-state index in [2.05, 4.69) is 4.74 Å². The van der Waals surface area contributed by atoms with E-state index in [0.717, 1.165) is 0 Å². The lowest BCUT2D eigenvalue weighted by Crippen LogP contribution is -2.21. The standard InChI is InChI=1S/C8H2F6INO3/c9-7(10,11)3-1-2-4(15)5(16(17)18)6(3)19-8(12,13)14/h1-2H. The first-order valence-corrected chi connectivity index (χ1v) is 5.31. The van der Waals surface area contributed by atoms with Gasteiger partial charge in [-0.2, -0.15) is 13.2 Å². The van der Waals surface area contributed by atoms with Gasteiger partial charge in [-0.05, 0) is 34.7 Å². The molecule has 0 aliphatic carbocycles. The molecule has 0 saturated carbocycles. The van der Waals surface area contributed by atoms with Crippen molar-refractivity contribution in [3.63, 3.8) is 0 Å². The zero-order chi connectivity index (χ0) is 15.0. The number of nitro benzene ring substituents is 1. The third kappa shape index (κ3) is 3.84. The predicted octanol–water partition coefficient (Wildman–Crippen LogP) is 4.12. The zero-order valence-electron chi connectivity index (χ0n) is 8.47. The number of ether oxygens (including phenoxy) is 1. The first-order valence-electron chi connectivity index (χ1n) is 4.23. The Morgan fingerprint density at radius 3 is 2.05 bits per heavy atom. The average Bonchev–Trinajstić information content (AvgIpc) is 2.11. The fraction of sp³-hybridized carbons (Fsp3) is 0.250. The van der Waals surface area contributed by atoms with Crippen LogP contribution in [0.2, 0.25) is 0 Å². The van der Waals surface area contributed by atoms with E-state index in [1.54, 1.807) is 0 Å². The van der Waals surface area contributed by atoms with Crippen LogP contribution >= 0.6 is 22.6 Å². The van der Waals surface area contributed by atoms with Crippen molar-refractivity contribution >= 4 is 28.3 Å². The molecule has 0 amide bonds. The predicted molar refractivity (Wildman–Crippen MR) is 57.5 cm³/mol. The van der Waals surface area contributed by atoms with Gasteiger partial charge in [0, 0.05) is 0 Å². The molecule has 0 fully saturated rings. The summed E-state index contributed by atoms with van der Waals surface area (Å²) < 4.78 is 76.5. The van der Waals surface area contributed by atoms with Crippen LogP contribution in [0, 0.1) is 13.7 Å². The van der Waals surface area contributed by atoms with Gasteiger partial charge in [-0.1, -0.05) is 0 Å². The summed E-state index contributed by atoms with van der Waals surface area (Å²) in [5.41, 5.74) is -3.25. The number of nitrogens with zero attached hydrogens (tertiary/aromatic N) is 1. The van der Waals surface area contributed by atoms with E-state index in [1.807, 2.05) is 0 Å². The molecule has 19 heavy (non-hydrogen) atoms. The smallest absolute Gasteiger partial charge is 0.398 e. The Morgan fingerprint density at radius 1 is 1.16 bits per heavy atom. The number of hydrogen-bond donors (Lipinski definition) is 0. The monoisotopic (exact) mass is 401 g/mol. The number of hydrogen-bond acceptors (Lipinski definition) is 3. The summed E-state index contributed by atoms with van der Waals surface area (Å²) in [6.07, 6.45) is -10.7. The van der Waals surface area contributed by atoms with Crippen LogP contribution in [0.4, 0.5) is 32.0 Å². The van der Waals surface area contributed by atoms with Crippen molar-refractivity contribution in [2.75, 3.05) is 0 Å². The van der Waals surface area contributed by atoms with Gasteiger partial charge in [-0.3, -0.25) is 10.1 Å². The number of benzene rings is 1. The van der Waals surface area contributed by atoms with Gasteiger partial charge in [-0.25, -0.2) is 0 Å². The lowest BCUT2D eigenvalue weighted by molar-refractivity contribution is -0.390. The molecule has 0 aliphatic rings. The lowest BCUT2D eigenvalue weighted by Gasteiger charge is -2.15. The first kappa shape index (κ1) is 15.8. The van der Waals surface area contributed by atoms with Gasteiger partial charge < -0.3 is 4.74 Å². The van der Waals surface area contributed by atoms with E-state index >= 15 is 0 Å². The fourth-order valence-electron chi connectivity index (χ4n) is 1.16. The zero-order valence-corrected chi connectivity index (χ0v) is 10.6. The highest BCUT2D eigenvalue weighted by atomic mass is 127. The minimum absolute atomic E-state index is 0.288. The van der Waals surface area contributed by atoms with Crippen molar-refractivity contribution in [2.24, 2.45) is 0 Å². The number of alkyl halides is 6. The molecule has 0 bridgehead atoms. The molecule has 0 atom stereocenters. The number of rotatable bonds is 2. The van der Waals surface area contributed by atoms with E-state index < -0.39 is 38.0 Å². The fourth-order valence-corrected chi connectivity index (χ4v) is 1.78. The molecule has 11 heteroatoms. The molecular formula is C8H2F6INO3. The maximum Gasteiger partial charge on any atom is 0.573 e. The molecule has 0 aromatic heterocycles. The quantitative estimate of drug-likeness (QED) is 0.325. The Hall–Kier alpha value is -1.27. The van der Waals surface area contributed by atoms with Gasteiger partial charge in [0.15, 0.2) is 0 Å². The second-order valence-corrected chi connectivity index (χ2v) is 4.24. The maximum absolute atomic E-state index is 12.5. The minimum atomic E-state index is -5.48. The van der Waals surface area contributed by atoms with Crippen LogP contribution in [0.25, 0.3) is 0 Å². The highest BCUT2D eigenvalue weighted by Gasteiger charge is 2.44. The second kappa shape index (κ2) is 5.02. The van der Waals surface area contributed by atoms with Gasteiger partial charge in [-0.15, -0.1) is 13.2 Å². The summed E-state index contributed by atoms with van der Waals surface area (Å²) in [6.45, 7) is 0. The molecule has 0 radical (unpaired) electrons. The van der Waals surface area contributed by atoms with Gasteiger partial charge in [0.1, 0.15) is 5.56 Å². The Morgan fingerprint density at radius 2 is 1.68 bits per heavy atom. The summed E-state index contributed by atoms with van der Waals surface area (Å²) in [6, 6.07) is 0.973. The third-order valence-corrected chi connectivity index (χ3v) is 2.66. The molecule has 0 spiro atoms. The van der Waals surface area contributed by atoms with E-state index in [0.29, 0.717) is 6.07 Å². The van der Waals surface area contributed by atoms with Gasteiger partial charge in [0.05, 0.1) is 8.49 Å². The van der Waals surface area contributed by atoms with Crippen molar-refractivity contribution in [1.82, 2.24) is 0 Å². The van der Waals surface area contributed by atoms with E-state index in [4.69, 9.17) is 0 Å². The lowest BCUT2D eigenvalue weighted by atomic mass is 10.1. The minimum Gasteiger partial charge on any atom is -0.398 e. The van der Waals surface area contributed by atoms with E-state index in [1.165, 1.54) is 22.6 Å². The Balaban J connectivity index is 3.59. The van der Waals surface area contributed by atoms with Crippen LogP contribution in [0.15, 0.2) is 12.1 Å². The highest BCUT2D eigenvalue weighted by Crippen LogP contribution is 2.45. The van der Waals surface area contributed by atoms with Crippen LogP contribution in [0.5, 0.6) is 5.75 Å². The van der Waals surface area contributed by atoms with Crippen molar-refractivity contribution < 1.29 is 36.0 Å². The van der Waals surface area contributed by atoms with Crippen molar-refractivity contribution in [3.8, 4) is 5.75 Å². The maximum atomic E-state index is 12.5. The van der Waals surface area contributed by atoms with Crippen LogP contribution in [-0.4, -0.2) is 11.3 Å². The van der Waals surface area contributed by atoms with Gasteiger partial charge >= 0.3 is 18.2 Å². The summed E-state index contributed by atoms with van der Waals surface area (Å²) in [5.74, 6) is -1.86. The van der Waals surface area contributed by atoms with Crippen molar-refractivity contribution in [2.45, 2.75) is 12.5 Å². The Labute approximate surface area is 114 Å². The van der Waals surface area contributed by atoms with Crippen LogP contribution in [0.1, 0.15) is 5.56 Å². The average molecular weight is 401 g/mol. The molecule has 106 valence electrons. The topological polar surface area (TPSA) is 52.4 Å². The Bertz CT molecular complexity index is 512. The van der Waals surface area contributed by atoms with Crippen molar-refractivity contribution in [3.05, 3.63) is 31.4 Å². The Kier molecular flexibility index (Phi) is 4.17. The molecule has 4 nitrogen and oxygen atoms in total. The van der Waals surface area contributed by atoms with Gasteiger partial charge in [0.2, 0.25) is 5.75 Å². The summed E-state index contributed by atoms with van der Waals surface area (Å²) in [7, 11) is 0. The summed E-state index contributed by atoms with van der Waals surface area (Å²) >= 11 is 1.24. The normalized spacial score (nSPS) is 12.4. The molecule has 1 aromatic carbocycles. The molecule has 0 heterocycles. The summed E-state index contributed by atoms with van der Waals surface area (Å²) in [4.78, 5) is 9.23. The summed E-state index contributed by atoms with van der Waals surface area (Å²) in [5, 5.41) is 10.6. The molecule has 1 aromatic rings. The third-order valence-electron chi connectivity index (χ3n) is 1.79. The molecule has 0 aliphatic heterocycles. The largest absolute Gasteiger partial charge is 0.573 e. The number of halogens is 7. The molecular weight excluding hydrogens is 399 g/mol.